The van der Waals surface area contributed by atoms with Crippen molar-refractivity contribution in [3.8, 4) is 5.69 Å². The summed E-state index contributed by atoms with van der Waals surface area (Å²) in [7, 11) is 0. The molecule has 2 aromatic carbocycles. The molecule has 2 aromatic heterocycles. The summed E-state index contributed by atoms with van der Waals surface area (Å²) in [6.45, 7) is 0. The van der Waals surface area contributed by atoms with Crippen molar-refractivity contribution in [2.24, 2.45) is 0 Å². The van der Waals surface area contributed by atoms with Crippen molar-refractivity contribution < 1.29 is 0 Å². The van der Waals surface area contributed by atoms with Crippen LogP contribution in [0.1, 0.15) is 5.56 Å². The SMILES string of the molecule is Clc1cccc(CSc2ncnc3c2nnn3-c2ccccc2)c1. The van der Waals surface area contributed by atoms with Crippen molar-refractivity contribution in [1.82, 2.24) is 25.0 Å². The Morgan fingerprint density at radius 2 is 1.88 bits per heavy atom. The highest BCUT2D eigenvalue weighted by Gasteiger charge is 2.13. The van der Waals surface area contributed by atoms with Crippen molar-refractivity contribution in [2.75, 3.05) is 0 Å². The Hall–Kier alpha value is -2.44. The van der Waals surface area contributed by atoms with Crippen LogP contribution in [0.2, 0.25) is 5.02 Å². The van der Waals surface area contributed by atoms with Crippen molar-refractivity contribution in [3.63, 3.8) is 0 Å². The van der Waals surface area contributed by atoms with Gasteiger partial charge in [-0.3, -0.25) is 0 Å². The topological polar surface area (TPSA) is 56.5 Å². The lowest BCUT2D eigenvalue weighted by Crippen LogP contribution is -1.97. The summed E-state index contributed by atoms with van der Waals surface area (Å²) >= 11 is 7.63. The van der Waals surface area contributed by atoms with Crippen LogP contribution >= 0.6 is 23.4 Å². The lowest BCUT2D eigenvalue weighted by Gasteiger charge is -2.03. The molecule has 0 spiro atoms. The first kappa shape index (κ1) is 15.1. The minimum absolute atomic E-state index is 0.699. The number of halogens is 1. The fraction of sp³-hybridized carbons (Fsp3) is 0.0588. The second-order valence-electron chi connectivity index (χ2n) is 5.11. The second kappa shape index (κ2) is 6.59. The van der Waals surface area contributed by atoms with Gasteiger partial charge in [0.15, 0.2) is 11.2 Å². The molecule has 0 amide bonds. The van der Waals surface area contributed by atoms with Crippen molar-refractivity contribution >= 4 is 34.5 Å². The molecule has 7 heteroatoms. The fourth-order valence-corrected chi connectivity index (χ4v) is 3.44. The van der Waals surface area contributed by atoms with Gasteiger partial charge >= 0.3 is 0 Å². The van der Waals surface area contributed by atoms with E-state index in [1.165, 1.54) is 0 Å². The quantitative estimate of drug-likeness (QED) is 0.407. The summed E-state index contributed by atoms with van der Waals surface area (Å²) in [6, 6.07) is 17.6. The highest BCUT2D eigenvalue weighted by molar-refractivity contribution is 7.98. The van der Waals surface area contributed by atoms with Gasteiger partial charge in [-0.05, 0) is 29.8 Å². The molecule has 0 unspecified atom stereocenters. The number of nitrogens with zero attached hydrogens (tertiary/aromatic N) is 5. The fourth-order valence-electron chi connectivity index (χ4n) is 2.36. The zero-order chi connectivity index (χ0) is 16.4. The van der Waals surface area contributed by atoms with E-state index >= 15 is 0 Å². The van der Waals surface area contributed by atoms with Gasteiger partial charge in [0.25, 0.3) is 0 Å². The zero-order valence-electron chi connectivity index (χ0n) is 12.5. The summed E-state index contributed by atoms with van der Waals surface area (Å²) in [5.41, 5.74) is 3.46. The zero-order valence-corrected chi connectivity index (χ0v) is 14.1. The monoisotopic (exact) mass is 353 g/mol. The maximum Gasteiger partial charge on any atom is 0.187 e. The van der Waals surface area contributed by atoms with Gasteiger partial charge in [-0.1, -0.05) is 58.9 Å². The maximum absolute atomic E-state index is 6.03. The lowest BCUT2D eigenvalue weighted by atomic mass is 10.2. The van der Waals surface area contributed by atoms with Crippen LogP contribution < -0.4 is 0 Å². The molecule has 0 fully saturated rings. The van der Waals surface area contributed by atoms with Crippen molar-refractivity contribution in [2.45, 2.75) is 10.8 Å². The molecule has 4 rings (SSSR count). The highest BCUT2D eigenvalue weighted by Crippen LogP contribution is 2.27. The summed E-state index contributed by atoms with van der Waals surface area (Å²) in [5, 5.41) is 10.0. The first-order valence-electron chi connectivity index (χ1n) is 7.30. The summed E-state index contributed by atoms with van der Waals surface area (Å²) in [6.07, 6.45) is 1.55. The number of fused-ring (bicyclic) bond motifs is 1. The molecule has 24 heavy (non-hydrogen) atoms. The molecule has 0 aliphatic carbocycles. The van der Waals surface area contributed by atoms with E-state index in [0.29, 0.717) is 11.2 Å². The standard InChI is InChI=1S/C17H12ClN5S/c18-13-6-4-5-12(9-13)10-24-17-15-16(19-11-20-17)23(22-21-15)14-7-2-1-3-8-14/h1-9,11H,10H2. The van der Waals surface area contributed by atoms with Crippen LogP contribution in [0, 0.1) is 0 Å². The molecule has 0 saturated heterocycles. The van der Waals surface area contributed by atoms with Gasteiger partial charge in [0, 0.05) is 10.8 Å². The molecule has 0 bridgehead atoms. The van der Waals surface area contributed by atoms with E-state index in [-0.39, 0.29) is 0 Å². The van der Waals surface area contributed by atoms with E-state index in [0.717, 1.165) is 27.1 Å². The molecule has 0 aliphatic heterocycles. The number of hydrogen-bond acceptors (Lipinski definition) is 5. The Bertz CT molecular complexity index is 987. The summed E-state index contributed by atoms with van der Waals surface area (Å²) in [4.78, 5) is 8.69. The molecule has 0 aliphatic rings. The maximum atomic E-state index is 6.03. The predicted molar refractivity (Wildman–Crippen MR) is 95.5 cm³/mol. The molecule has 4 aromatic rings. The van der Waals surface area contributed by atoms with E-state index < -0.39 is 0 Å². The smallest absolute Gasteiger partial charge is 0.187 e. The number of thioether (sulfide) groups is 1. The van der Waals surface area contributed by atoms with E-state index in [2.05, 4.69) is 20.3 Å². The van der Waals surface area contributed by atoms with Crippen LogP contribution in [0.5, 0.6) is 0 Å². The van der Waals surface area contributed by atoms with Crippen molar-refractivity contribution in [3.05, 3.63) is 71.5 Å². The number of aromatic nitrogens is 5. The first-order valence-corrected chi connectivity index (χ1v) is 8.67. The molecule has 0 atom stereocenters. The number of benzene rings is 2. The van der Waals surface area contributed by atoms with E-state index in [1.807, 2.05) is 54.6 Å². The lowest BCUT2D eigenvalue weighted by molar-refractivity contribution is 0.817. The minimum Gasteiger partial charge on any atom is -0.227 e. The second-order valence-corrected chi connectivity index (χ2v) is 6.51. The first-order chi connectivity index (χ1) is 11.8. The van der Waals surface area contributed by atoms with Crippen LogP contribution in [0.3, 0.4) is 0 Å². The average molecular weight is 354 g/mol. The molecule has 0 radical (unpaired) electrons. The molecular weight excluding hydrogens is 342 g/mol. The van der Waals surface area contributed by atoms with E-state index in [9.17, 15) is 0 Å². The highest BCUT2D eigenvalue weighted by atomic mass is 35.5. The number of rotatable bonds is 4. The third-order valence-electron chi connectivity index (χ3n) is 3.47. The van der Waals surface area contributed by atoms with E-state index in [4.69, 9.17) is 11.6 Å². The predicted octanol–water partition coefficient (Wildman–Crippen LogP) is 4.16. The van der Waals surface area contributed by atoms with Gasteiger partial charge in [0.1, 0.15) is 11.4 Å². The third-order valence-corrected chi connectivity index (χ3v) is 4.75. The molecule has 0 N–H and O–H groups in total. The molecular formula is C17H12ClN5S. The average Bonchev–Trinajstić information content (AvgIpc) is 3.05. The molecule has 118 valence electrons. The van der Waals surface area contributed by atoms with Gasteiger partial charge in [0.05, 0.1) is 5.69 Å². The molecule has 5 nitrogen and oxygen atoms in total. The van der Waals surface area contributed by atoms with Gasteiger partial charge in [-0.15, -0.1) is 5.10 Å². The Labute approximate surface area is 147 Å². The van der Waals surface area contributed by atoms with Gasteiger partial charge in [-0.25, -0.2) is 9.97 Å². The Balaban J connectivity index is 1.66. The molecule has 0 saturated carbocycles. The largest absolute Gasteiger partial charge is 0.227 e. The van der Waals surface area contributed by atoms with Crippen LogP contribution in [0.4, 0.5) is 0 Å². The van der Waals surface area contributed by atoms with Gasteiger partial charge < -0.3 is 0 Å². The Morgan fingerprint density at radius 3 is 2.71 bits per heavy atom. The van der Waals surface area contributed by atoms with Gasteiger partial charge in [0.2, 0.25) is 0 Å². The minimum atomic E-state index is 0.699. The van der Waals surface area contributed by atoms with Crippen molar-refractivity contribution in [1.29, 1.82) is 0 Å². The third kappa shape index (κ3) is 2.98. The van der Waals surface area contributed by atoms with E-state index in [1.54, 1.807) is 22.8 Å². The Kier molecular flexibility index (Phi) is 4.15. The summed E-state index contributed by atoms with van der Waals surface area (Å²) in [5.74, 6) is 0.755. The normalized spacial score (nSPS) is 11.0. The van der Waals surface area contributed by atoms with Crippen LogP contribution in [-0.4, -0.2) is 25.0 Å². The number of para-hydroxylation sites is 1. The molecule has 2 heterocycles. The number of hydrogen-bond donors (Lipinski definition) is 0. The van der Waals surface area contributed by atoms with Crippen LogP contribution in [0.15, 0.2) is 66.0 Å². The Morgan fingerprint density at radius 1 is 1.00 bits per heavy atom. The van der Waals surface area contributed by atoms with Crippen LogP contribution in [0.25, 0.3) is 16.9 Å². The van der Waals surface area contributed by atoms with Crippen LogP contribution in [-0.2, 0) is 5.75 Å². The summed E-state index contributed by atoms with van der Waals surface area (Å²) < 4.78 is 1.72. The van der Waals surface area contributed by atoms with Gasteiger partial charge in [-0.2, -0.15) is 4.68 Å².